The molecule has 5 atom stereocenters. The van der Waals surface area contributed by atoms with Crippen LogP contribution in [0.4, 0.5) is 39.5 Å². The highest BCUT2D eigenvalue weighted by Gasteiger charge is 2.85. The number of nitrogens with zero attached hydrogens (tertiary/aromatic N) is 2. The maximum atomic E-state index is 13.2. The topological polar surface area (TPSA) is 93.1 Å². The number of hydrogen-bond acceptors (Lipinski definition) is 11. The van der Waals surface area contributed by atoms with Gasteiger partial charge in [0.15, 0.2) is 0 Å². The highest BCUT2D eigenvalue weighted by molar-refractivity contribution is 8.76. The zero-order valence-corrected chi connectivity index (χ0v) is 40.4. The average Bonchev–Trinajstić information content (AvgIpc) is 3.59. The number of aliphatic hydroxyl groups is 2. The summed E-state index contributed by atoms with van der Waals surface area (Å²) >= 11 is 0. The van der Waals surface area contributed by atoms with E-state index in [4.69, 9.17) is 29.2 Å². The van der Waals surface area contributed by atoms with Crippen molar-refractivity contribution < 1.29 is 73.4 Å². The lowest BCUT2D eigenvalue weighted by molar-refractivity contribution is -0.457. The third kappa shape index (κ3) is 16.2. The largest absolute Gasteiger partial charge is 0.492 e. The number of alkyl halides is 9. The molecule has 0 aromatic heterocycles. The van der Waals surface area contributed by atoms with Gasteiger partial charge in [-0.05, 0) is 138 Å². The summed E-state index contributed by atoms with van der Waals surface area (Å²) < 4.78 is 146. The fourth-order valence-corrected chi connectivity index (χ4v) is 11.8. The highest BCUT2D eigenvalue weighted by Crippen LogP contribution is 2.62. The Morgan fingerprint density at radius 1 is 0.697 bits per heavy atom. The number of likely N-dealkylation sites (N-methyl/N-ethyl adjacent to an activating group) is 1. The van der Waals surface area contributed by atoms with E-state index in [1.54, 1.807) is 21.6 Å². The Kier molecular flexibility index (Phi) is 23.8. The molecule has 0 radical (unpaired) electrons. The fraction of sp³-hybridized carbons (Fsp3) is 0.870. The van der Waals surface area contributed by atoms with Crippen molar-refractivity contribution in [2.75, 3.05) is 111 Å². The third-order valence-corrected chi connectivity index (χ3v) is 16.1. The lowest BCUT2D eigenvalue weighted by Gasteiger charge is -2.50. The smallest absolute Gasteiger partial charge is 0.435 e. The second-order valence-electron chi connectivity index (χ2n) is 18.4. The van der Waals surface area contributed by atoms with E-state index >= 15 is 0 Å². The van der Waals surface area contributed by atoms with Gasteiger partial charge in [0.25, 0.3) is 0 Å². The Morgan fingerprint density at radius 2 is 1.30 bits per heavy atom. The molecule has 0 amide bonds. The first kappa shape index (κ1) is 57.3. The van der Waals surface area contributed by atoms with Crippen LogP contribution in [-0.4, -0.2) is 161 Å². The van der Waals surface area contributed by atoms with Gasteiger partial charge < -0.3 is 43.7 Å². The number of aliphatic hydroxyl groups excluding tert-OH is 2. The molecule has 0 bridgehead atoms. The first-order valence-electron chi connectivity index (χ1n) is 23.5. The van der Waals surface area contributed by atoms with E-state index in [0.717, 1.165) is 121 Å². The number of unbranched alkanes of at least 4 members (excludes halogenated alkanes) is 1. The molecule has 2 saturated carbocycles. The molecular formula is C46H73F9N2O7S2. The molecule has 1 aromatic carbocycles. The molecular weight excluding hydrogens is 928 g/mol. The van der Waals surface area contributed by atoms with E-state index in [1.807, 2.05) is 6.07 Å². The highest BCUT2D eigenvalue weighted by atomic mass is 33.1. The minimum atomic E-state index is -6.75. The van der Waals surface area contributed by atoms with Gasteiger partial charge in [-0.1, -0.05) is 41.0 Å². The summed E-state index contributed by atoms with van der Waals surface area (Å²) in [5, 5.41) is 18.3. The average molecular weight is 1000 g/mol. The summed E-state index contributed by atoms with van der Waals surface area (Å²) in [5.74, 6) is 3.74. The van der Waals surface area contributed by atoms with E-state index in [9.17, 15) is 39.5 Å². The number of halogens is 9. The van der Waals surface area contributed by atoms with Crippen LogP contribution >= 0.6 is 21.6 Å². The Morgan fingerprint density at radius 3 is 1.91 bits per heavy atom. The van der Waals surface area contributed by atoms with Crippen LogP contribution in [0.15, 0.2) is 18.2 Å². The van der Waals surface area contributed by atoms with Crippen molar-refractivity contribution in [2.45, 2.75) is 120 Å². The monoisotopic (exact) mass is 1000 g/mol. The van der Waals surface area contributed by atoms with Gasteiger partial charge in [-0.2, -0.15) is 39.5 Å². The summed E-state index contributed by atoms with van der Waals surface area (Å²) in [5.41, 5.74) is -3.94. The summed E-state index contributed by atoms with van der Waals surface area (Å²) in [7, 11) is 7.79. The van der Waals surface area contributed by atoms with Gasteiger partial charge in [0, 0.05) is 70.1 Å². The molecule has 4 rings (SSSR count). The van der Waals surface area contributed by atoms with Crippen LogP contribution in [0.3, 0.4) is 0 Å². The molecule has 0 unspecified atom stereocenters. The molecule has 0 spiro atoms. The molecule has 1 aromatic rings. The van der Waals surface area contributed by atoms with Gasteiger partial charge in [-0.15, -0.1) is 0 Å². The Bertz CT molecular complexity index is 1490. The molecule has 3 aliphatic carbocycles. The minimum Gasteiger partial charge on any atom is -0.492 e. The zero-order chi connectivity index (χ0) is 48.4. The first-order chi connectivity index (χ1) is 31.3. The maximum absolute atomic E-state index is 13.2. The van der Waals surface area contributed by atoms with Gasteiger partial charge in [0.2, 0.25) is 0 Å². The summed E-state index contributed by atoms with van der Waals surface area (Å²) in [4.78, 5) is 4.53. The summed E-state index contributed by atoms with van der Waals surface area (Å²) in [6.45, 7) is 7.60. The van der Waals surface area contributed by atoms with Crippen molar-refractivity contribution >= 4 is 21.6 Å². The third-order valence-electron chi connectivity index (χ3n) is 13.8. The Balaban J connectivity index is 1.03. The molecule has 9 nitrogen and oxygen atoms in total. The van der Waals surface area contributed by atoms with Crippen molar-refractivity contribution in [1.82, 2.24) is 9.80 Å². The van der Waals surface area contributed by atoms with E-state index in [2.05, 4.69) is 47.7 Å². The molecule has 0 heterocycles. The van der Waals surface area contributed by atoms with Crippen molar-refractivity contribution in [3.8, 4) is 5.75 Å². The van der Waals surface area contributed by atoms with Crippen LogP contribution in [0, 0.1) is 23.2 Å². The van der Waals surface area contributed by atoms with Gasteiger partial charge in [0.1, 0.15) is 12.4 Å². The molecule has 2 N–H and O–H groups in total. The number of benzene rings is 1. The van der Waals surface area contributed by atoms with Crippen LogP contribution in [0.25, 0.3) is 0 Å². The number of ether oxygens (including phenoxy) is 5. The minimum absolute atomic E-state index is 0.00304. The second-order valence-corrected chi connectivity index (χ2v) is 21.1. The Labute approximate surface area is 393 Å². The summed E-state index contributed by atoms with van der Waals surface area (Å²) in [6, 6.07) is 6.35. The number of aryl methyl sites for hydroxylation is 1. The van der Waals surface area contributed by atoms with E-state index in [-0.39, 0.29) is 37.3 Å². The predicted molar refractivity (Wildman–Crippen MR) is 240 cm³/mol. The van der Waals surface area contributed by atoms with Crippen molar-refractivity contribution in [2.24, 2.45) is 23.2 Å². The zero-order valence-electron chi connectivity index (χ0n) is 38.8. The SMILES string of the molecule is CN(CCCCC(CO)CO)CCCOCCSSCCOCCCN(C)CCOc1ccc2c(c1)CC[C@@H]1[C@@H]2CC[C@]2(C)[C@@H](OCCCOC(C(F)(F)F)(C(F)(F)F)C(F)(F)F)CC[C@@H]12. The quantitative estimate of drug-likeness (QED) is 0.0411. The Hall–Kier alpha value is -1.23. The number of rotatable bonds is 32. The van der Waals surface area contributed by atoms with Crippen LogP contribution in [-0.2, 0) is 25.4 Å². The number of hydrogen-bond donors (Lipinski definition) is 2. The summed E-state index contributed by atoms with van der Waals surface area (Å²) in [6.07, 6.45) is -11.2. The molecule has 2 fully saturated rings. The van der Waals surface area contributed by atoms with E-state index in [0.29, 0.717) is 44.0 Å². The van der Waals surface area contributed by atoms with Gasteiger partial charge >= 0.3 is 24.1 Å². The van der Waals surface area contributed by atoms with Gasteiger partial charge in [-0.3, -0.25) is 0 Å². The van der Waals surface area contributed by atoms with E-state index < -0.39 is 37.2 Å². The lowest BCUT2D eigenvalue weighted by atomic mass is 9.55. The van der Waals surface area contributed by atoms with Crippen LogP contribution in [0.5, 0.6) is 5.75 Å². The second kappa shape index (κ2) is 27.4. The maximum Gasteiger partial charge on any atom is 0.435 e. The lowest BCUT2D eigenvalue weighted by Crippen LogP contribution is -2.67. The normalized spacial score (nSPS) is 22.6. The van der Waals surface area contributed by atoms with Crippen LogP contribution < -0.4 is 4.74 Å². The molecule has 0 saturated heterocycles. The molecule has 66 heavy (non-hydrogen) atoms. The predicted octanol–water partition coefficient (Wildman–Crippen LogP) is 9.97. The number of fused-ring (bicyclic) bond motifs is 5. The van der Waals surface area contributed by atoms with Crippen LogP contribution in [0.2, 0.25) is 0 Å². The van der Waals surface area contributed by atoms with E-state index in [1.165, 1.54) is 11.1 Å². The van der Waals surface area contributed by atoms with Crippen molar-refractivity contribution in [3.05, 3.63) is 29.3 Å². The van der Waals surface area contributed by atoms with Gasteiger partial charge in [0.05, 0.1) is 25.9 Å². The first-order valence-corrected chi connectivity index (χ1v) is 26.0. The van der Waals surface area contributed by atoms with Crippen molar-refractivity contribution in [1.29, 1.82) is 0 Å². The van der Waals surface area contributed by atoms with Crippen LogP contribution in [0.1, 0.15) is 94.6 Å². The van der Waals surface area contributed by atoms with Gasteiger partial charge in [-0.25, -0.2) is 0 Å². The molecule has 384 valence electrons. The molecule has 3 aliphatic rings. The molecule has 0 aliphatic heterocycles. The fourth-order valence-electron chi connectivity index (χ4n) is 10.1. The molecule has 20 heteroatoms. The van der Waals surface area contributed by atoms with Crippen molar-refractivity contribution in [3.63, 3.8) is 0 Å². The standard InChI is InChI=1S/C46H73F9N2O7S2/c1-42-17-16-38-37-13-11-36(62-26-21-57(3)20-7-23-61-28-30-66-65-29-27-60-22-6-19-56(2)18-5-4-9-34(32-58)33-59)31-35(37)10-12-39(38)40(42)14-15-41(42)63-24-8-25-64-43(44(47,48)49,45(50,51)52)46(53,54)55/h11,13,31,34,38-41,58-59H,4-10,12,14-30,32-33H2,1-3H3/t38-,39-,40+,41+,42+/m1/s1.